The first-order chi connectivity index (χ1) is 21.7. The highest BCUT2D eigenvalue weighted by molar-refractivity contribution is 6.05. The van der Waals surface area contributed by atoms with Crippen molar-refractivity contribution in [2.75, 3.05) is 26.1 Å². The summed E-state index contributed by atoms with van der Waals surface area (Å²) in [6, 6.07) is 3.86. The number of rotatable bonds is 6. The molecule has 9 heteroatoms. The molecule has 3 aliphatic rings. The molecule has 3 aliphatic heterocycles. The zero-order valence-corrected chi connectivity index (χ0v) is 17.3. The lowest BCUT2D eigenvalue weighted by Gasteiger charge is -2.29. The molecule has 2 fully saturated rings. The number of fused-ring (bicyclic) bond motifs is 1. The van der Waals surface area contributed by atoms with Crippen LogP contribution in [0, 0.1) is 5.82 Å². The number of carbonyl (C=O) groups excluding carboxylic acids is 3. The fourth-order valence-corrected chi connectivity index (χ4v) is 3.51. The molecule has 1 atom stereocenters. The Labute approximate surface area is 216 Å². The van der Waals surface area contributed by atoms with Crippen molar-refractivity contribution in [3.05, 3.63) is 64.5 Å². The van der Waals surface area contributed by atoms with Gasteiger partial charge in [-0.2, -0.15) is 0 Å². The van der Waals surface area contributed by atoms with Crippen LogP contribution >= 0.6 is 0 Å². The molecule has 3 amide bonds. The van der Waals surface area contributed by atoms with Crippen LogP contribution in [-0.4, -0.2) is 59.7 Å². The number of piperidine rings is 1. The first kappa shape index (κ1) is 11.4. The number of carbonyl (C=O) groups is 3. The highest BCUT2D eigenvalue weighted by Crippen LogP contribution is 2.34. The number of ether oxygens (including phenoxy) is 2. The van der Waals surface area contributed by atoms with E-state index in [-0.39, 0.29) is 18.4 Å². The largest absolute Gasteiger partial charge is 0.488 e. The Morgan fingerprint density at radius 2 is 2.03 bits per heavy atom. The van der Waals surface area contributed by atoms with Crippen LogP contribution in [0.5, 0.6) is 5.75 Å². The van der Waals surface area contributed by atoms with Gasteiger partial charge in [0.15, 0.2) is 0 Å². The SMILES string of the molecule is [2H]C([2H])(Oc1cccc2c1C([2H])([2H])N([C@H]1CCC(=O)NC1=O)C2=O)c1ccc(C([2H])([2H])N2C([2H])([2H])C([2H])([2H])OC([2H])([2H])C2([2H])[2H])cc1F. The molecule has 0 radical (unpaired) electrons. The normalized spacial score (nSPS) is 35.3. The summed E-state index contributed by atoms with van der Waals surface area (Å²) in [5.74, 6) is -4.57. The minimum absolute atomic E-state index is 0.174. The van der Waals surface area contributed by atoms with E-state index in [4.69, 9.17) is 23.9 Å². The van der Waals surface area contributed by atoms with Gasteiger partial charge in [-0.1, -0.05) is 18.2 Å². The fraction of sp³-hybridized carbons (Fsp3) is 0.400. The monoisotopic (exact) mass is 481 g/mol. The predicted molar refractivity (Wildman–Crippen MR) is 119 cm³/mol. The lowest BCUT2D eigenvalue weighted by molar-refractivity contribution is -0.136. The number of hydrogen-bond acceptors (Lipinski definition) is 6. The quantitative estimate of drug-likeness (QED) is 0.635. The second-order valence-electron chi connectivity index (χ2n) is 7.31. The van der Waals surface area contributed by atoms with Crippen molar-refractivity contribution in [1.29, 1.82) is 0 Å². The molecule has 1 N–H and O–H groups in total. The third kappa shape index (κ3) is 4.53. The number of benzene rings is 2. The van der Waals surface area contributed by atoms with E-state index in [1.807, 2.05) is 5.32 Å². The van der Waals surface area contributed by atoms with Gasteiger partial charge in [-0.3, -0.25) is 24.6 Å². The summed E-state index contributed by atoms with van der Waals surface area (Å²) in [6.45, 7) is -24.0. The third-order valence-electron chi connectivity index (χ3n) is 5.13. The summed E-state index contributed by atoms with van der Waals surface area (Å²) in [4.78, 5) is 37.6. The summed E-state index contributed by atoms with van der Waals surface area (Å²) in [5.41, 5.74) is -2.57. The van der Waals surface area contributed by atoms with Crippen LogP contribution in [0.25, 0.3) is 0 Å². The Morgan fingerprint density at radius 1 is 1.21 bits per heavy atom. The summed E-state index contributed by atoms with van der Waals surface area (Å²) in [7, 11) is 0. The Morgan fingerprint density at radius 3 is 2.79 bits per heavy atom. The van der Waals surface area contributed by atoms with Gasteiger partial charge in [0.1, 0.15) is 24.2 Å². The Kier molecular flexibility index (Phi) is 3.20. The van der Waals surface area contributed by atoms with Crippen molar-refractivity contribution < 1.29 is 47.4 Å². The van der Waals surface area contributed by atoms with Crippen LogP contribution in [0.2, 0.25) is 0 Å². The molecular weight excluding hydrogens is 441 g/mol. The van der Waals surface area contributed by atoms with E-state index in [1.54, 1.807) is 0 Å². The third-order valence-corrected chi connectivity index (χ3v) is 5.13. The number of halogens is 1. The molecule has 0 aliphatic carbocycles. The first-order valence-corrected chi connectivity index (χ1v) is 10.0. The van der Waals surface area contributed by atoms with Gasteiger partial charge in [0.05, 0.1) is 30.6 Å². The topological polar surface area (TPSA) is 88.2 Å². The molecule has 0 bridgehead atoms. The maximum absolute atomic E-state index is 15.6. The van der Waals surface area contributed by atoms with E-state index in [0.717, 1.165) is 12.1 Å². The van der Waals surface area contributed by atoms with Crippen molar-refractivity contribution in [2.24, 2.45) is 0 Å². The predicted octanol–water partition coefficient (Wildman–Crippen LogP) is 2.00. The van der Waals surface area contributed by atoms with Crippen molar-refractivity contribution in [3.63, 3.8) is 0 Å². The summed E-state index contributed by atoms with van der Waals surface area (Å²) < 4.78 is 141. The number of nitrogens with zero attached hydrogens (tertiary/aromatic N) is 2. The average molecular weight is 482 g/mol. The Bertz CT molecular complexity index is 1700. The smallest absolute Gasteiger partial charge is 0.255 e. The molecule has 0 spiro atoms. The first-order valence-electron chi connectivity index (χ1n) is 17.0. The molecular formula is C25H26FN3O5. The summed E-state index contributed by atoms with van der Waals surface area (Å²) >= 11 is 0. The van der Waals surface area contributed by atoms with E-state index in [9.17, 15) is 14.4 Å². The molecule has 5 rings (SSSR count). The molecule has 3 heterocycles. The molecule has 0 aromatic heterocycles. The molecule has 178 valence electrons. The van der Waals surface area contributed by atoms with Gasteiger partial charge in [0.2, 0.25) is 11.8 Å². The zero-order valence-electron chi connectivity index (χ0n) is 31.3. The average Bonchev–Trinajstić information content (AvgIpc) is 3.12. The maximum Gasteiger partial charge on any atom is 0.255 e. The second-order valence-corrected chi connectivity index (χ2v) is 7.31. The number of morpholine rings is 1. The van der Waals surface area contributed by atoms with Crippen LogP contribution in [0.3, 0.4) is 0 Å². The van der Waals surface area contributed by atoms with Gasteiger partial charge in [0.25, 0.3) is 5.91 Å². The van der Waals surface area contributed by atoms with Crippen LogP contribution in [0.1, 0.15) is 59.1 Å². The van der Waals surface area contributed by atoms with E-state index < -0.39 is 103 Å². The van der Waals surface area contributed by atoms with Crippen molar-refractivity contribution in [2.45, 2.75) is 38.4 Å². The van der Waals surface area contributed by atoms with Gasteiger partial charge in [-0.05, 0) is 30.2 Å². The standard InChI is InChI=1S/C25H26FN3O5/c26-20-12-16(13-28-8-10-33-11-9-28)4-5-17(20)15-34-22-3-1-2-18-19(22)14-29(25(18)32)21-6-7-23(30)27-24(21)31/h1-5,12,21H,6-11,13-15H2,(H,27,30,31)/t21-/m0/s1/i8D2,9D2,10D2,11D2,13D2,14D2,15D2. The number of hydrogen-bond donors (Lipinski definition) is 1. The highest BCUT2D eigenvalue weighted by atomic mass is 19.1. The fourth-order valence-electron chi connectivity index (χ4n) is 3.51. The Hall–Kier alpha value is -3.30. The van der Waals surface area contributed by atoms with E-state index in [1.165, 1.54) is 12.1 Å². The highest BCUT2D eigenvalue weighted by Gasteiger charge is 2.40. The van der Waals surface area contributed by atoms with Crippen LogP contribution in [-0.2, 0) is 33.9 Å². The molecule has 0 unspecified atom stereocenters. The van der Waals surface area contributed by atoms with Crippen molar-refractivity contribution in [1.82, 2.24) is 15.1 Å². The van der Waals surface area contributed by atoms with Gasteiger partial charge >= 0.3 is 0 Å². The van der Waals surface area contributed by atoms with Crippen LogP contribution in [0.15, 0.2) is 36.4 Å². The molecule has 8 nitrogen and oxygen atoms in total. The van der Waals surface area contributed by atoms with Gasteiger partial charge in [0, 0.05) is 50.8 Å². The van der Waals surface area contributed by atoms with Gasteiger partial charge in [-0.15, -0.1) is 0 Å². The zero-order chi connectivity index (χ0) is 36.2. The minimum Gasteiger partial charge on any atom is -0.488 e. The molecule has 34 heavy (non-hydrogen) atoms. The van der Waals surface area contributed by atoms with E-state index in [0.29, 0.717) is 17.0 Å². The Balaban J connectivity index is 1.50. The molecule has 2 aromatic carbocycles. The molecule has 2 saturated heterocycles. The molecule has 0 saturated carbocycles. The van der Waals surface area contributed by atoms with Crippen molar-refractivity contribution >= 4 is 17.7 Å². The summed E-state index contributed by atoms with van der Waals surface area (Å²) in [6.07, 6.45) is -0.360. The number of amides is 3. The van der Waals surface area contributed by atoms with Crippen LogP contribution in [0.4, 0.5) is 4.39 Å². The van der Waals surface area contributed by atoms with E-state index >= 15 is 4.39 Å². The van der Waals surface area contributed by atoms with E-state index in [2.05, 4.69) is 4.74 Å². The lowest BCUT2D eigenvalue weighted by Crippen LogP contribution is -2.52. The lowest BCUT2D eigenvalue weighted by atomic mass is 10.0. The molecule has 2 aromatic rings. The summed E-state index contributed by atoms with van der Waals surface area (Å²) in [5, 5.41) is 2.04. The second kappa shape index (κ2) is 9.52. The van der Waals surface area contributed by atoms with Gasteiger partial charge < -0.3 is 14.4 Å². The minimum atomic E-state index is -3.68. The maximum atomic E-state index is 15.6. The van der Waals surface area contributed by atoms with Gasteiger partial charge in [-0.25, -0.2) is 4.39 Å². The number of nitrogens with one attached hydrogen (secondary N) is 1. The van der Waals surface area contributed by atoms with Crippen LogP contribution < -0.4 is 10.1 Å². The number of imide groups is 1. The van der Waals surface area contributed by atoms with Crippen molar-refractivity contribution in [3.8, 4) is 5.75 Å².